The number of carbonyl (C=O) groups is 3. The standard InChI is InChI=1S/C23H22N2O4/c1-16-8-10-19(11-9-16)12-20(14-24)23(28)29-15-22(27)25-21(17(2)26)13-18-6-4-3-5-7-18/h3-12,21H,13,15H2,1-2H3,(H,25,27)/b20-12+/t21-/m1/s1. The molecule has 148 valence electrons. The molecule has 0 heterocycles. The van der Waals surface area contributed by atoms with Gasteiger partial charge in [-0.05, 0) is 37.5 Å². The van der Waals surface area contributed by atoms with Crippen molar-refractivity contribution in [3.8, 4) is 6.07 Å². The average Bonchev–Trinajstić information content (AvgIpc) is 2.71. The van der Waals surface area contributed by atoms with Crippen LogP contribution < -0.4 is 5.32 Å². The molecule has 2 aromatic rings. The minimum absolute atomic E-state index is 0.203. The van der Waals surface area contributed by atoms with E-state index in [0.29, 0.717) is 12.0 Å². The van der Waals surface area contributed by atoms with Crippen LogP contribution in [0.5, 0.6) is 0 Å². The highest BCUT2D eigenvalue weighted by Gasteiger charge is 2.19. The number of rotatable bonds is 8. The average molecular weight is 390 g/mol. The van der Waals surface area contributed by atoms with Gasteiger partial charge < -0.3 is 10.1 Å². The summed E-state index contributed by atoms with van der Waals surface area (Å²) in [5.74, 6) is -1.71. The molecule has 0 aliphatic carbocycles. The molecule has 0 spiro atoms. The smallest absolute Gasteiger partial charge is 0.349 e. The number of aryl methyl sites for hydroxylation is 1. The Kier molecular flexibility index (Phi) is 7.87. The first kappa shape index (κ1) is 21.6. The summed E-state index contributed by atoms with van der Waals surface area (Å²) in [4.78, 5) is 36.0. The molecule has 0 radical (unpaired) electrons. The number of Topliss-reactive ketones (excluding diaryl/α,β-unsaturated/α-hetero) is 1. The van der Waals surface area contributed by atoms with Crippen molar-refractivity contribution in [3.63, 3.8) is 0 Å². The third-order valence-electron chi connectivity index (χ3n) is 4.17. The topological polar surface area (TPSA) is 96.3 Å². The number of hydrogen-bond donors (Lipinski definition) is 1. The first-order valence-corrected chi connectivity index (χ1v) is 9.08. The molecule has 1 N–H and O–H groups in total. The molecule has 6 nitrogen and oxygen atoms in total. The summed E-state index contributed by atoms with van der Waals surface area (Å²) in [6.45, 7) is 2.74. The van der Waals surface area contributed by atoms with Crippen LogP contribution in [0.15, 0.2) is 60.2 Å². The van der Waals surface area contributed by atoms with Crippen LogP contribution in [0, 0.1) is 18.3 Å². The van der Waals surface area contributed by atoms with Gasteiger partial charge in [0.15, 0.2) is 12.4 Å². The van der Waals surface area contributed by atoms with Gasteiger partial charge in [0.05, 0.1) is 6.04 Å². The lowest BCUT2D eigenvalue weighted by Gasteiger charge is -2.16. The van der Waals surface area contributed by atoms with Crippen LogP contribution in [0.1, 0.15) is 23.6 Å². The van der Waals surface area contributed by atoms with Gasteiger partial charge >= 0.3 is 5.97 Å². The molecule has 1 atom stereocenters. The first-order chi connectivity index (χ1) is 13.9. The quantitative estimate of drug-likeness (QED) is 0.425. The minimum atomic E-state index is -0.898. The number of benzene rings is 2. The molecule has 6 heteroatoms. The molecule has 1 amide bonds. The number of amides is 1. The third-order valence-corrected chi connectivity index (χ3v) is 4.17. The van der Waals surface area contributed by atoms with Crippen LogP contribution in [0.2, 0.25) is 0 Å². The van der Waals surface area contributed by atoms with Crippen molar-refractivity contribution in [3.05, 3.63) is 76.9 Å². The molecular formula is C23H22N2O4. The van der Waals surface area contributed by atoms with E-state index in [1.807, 2.05) is 49.4 Å². The largest absolute Gasteiger partial charge is 0.451 e. The van der Waals surface area contributed by atoms with Crippen molar-refractivity contribution in [1.29, 1.82) is 5.26 Å². The lowest BCUT2D eigenvalue weighted by atomic mass is 10.0. The van der Waals surface area contributed by atoms with Crippen LogP contribution in [-0.2, 0) is 25.5 Å². The molecule has 0 saturated carbocycles. The van der Waals surface area contributed by atoms with E-state index in [1.54, 1.807) is 18.2 Å². The fourth-order valence-corrected chi connectivity index (χ4v) is 2.56. The van der Waals surface area contributed by atoms with E-state index in [-0.39, 0.29) is 11.4 Å². The summed E-state index contributed by atoms with van der Waals surface area (Å²) in [6, 6.07) is 17.6. The molecule has 2 rings (SSSR count). The van der Waals surface area contributed by atoms with E-state index in [1.165, 1.54) is 13.0 Å². The Hall–Kier alpha value is -3.72. The highest BCUT2D eigenvalue weighted by atomic mass is 16.5. The minimum Gasteiger partial charge on any atom is -0.451 e. The summed E-state index contributed by atoms with van der Waals surface area (Å²) in [5, 5.41) is 11.8. The van der Waals surface area contributed by atoms with Crippen LogP contribution in [0.4, 0.5) is 0 Å². The summed E-state index contributed by atoms with van der Waals surface area (Å²) < 4.78 is 4.93. The van der Waals surface area contributed by atoms with Crippen molar-refractivity contribution in [2.45, 2.75) is 26.3 Å². The Morgan fingerprint density at radius 3 is 2.34 bits per heavy atom. The Bertz CT molecular complexity index is 941. The molecule has 0 aliphatic rings. The number of carbonyl (C=O) groups excluding carboxylic acids is 3. The molecule has 0 aliphatic heterocycles. The van der Waals surface area contributed by atoms with Crippen LogP contribution in [-0.4, -0.2) is 30.3 Å². The monoisotopic (exact) mass is 390 g/mol. The van der Waals surface area contributed by atoms with Crippen molar-refractivity contribution >= 4 is 23.7 Å². The highest BCUT2D eigenvalue weighted by molar-refractivity contribution is 5.99. The Morgan fingerprint density at radius 2 is 1.76 bits per heavy atom. The molecule has 0 bridgehead atoms. The maximum absolute atomic E-state index is 12.1. The number of nitriles is 1. The predicted molar refractivity (Wildman–Crippen MR) is 108 cm³/mol. The van der Waals surface area contributed by atoms with Gasteiger partial charge in [-0.15, -0.1) is 0 Å². The van der Waals surface area contributed by atoms with Gasteiger partial charge in [-0.25, -0.2) is 4.79 Å². The van der Waals surface area contributed by atoms with Crippen molar-refractivity contribution in [2.24, 2.45) is 0 Å². The fraction of sp³-hybridized carbons (Fsp3) is 0.217. The molecule has 2 aromatic carbocycles. The lowest BCUT2D eigenvalue weighted by molar-refractivity contribution is -0.144. The Morgan fingerprint density at radius 1 is 1.10 bits per heavy atom. The zero-order valence-corrected chi connectivity index (χ0v) is 16.3. The van der Waals surface area contributed by atoms with Crippen molar-refractivity contribution < 1.29 is 19.1 Å². The van der Waals surface area contributed by atoms with Crippen molar-refractivity contribution in [2.75, 3.05) is 6.61 Å². The van der Waals surface area contributed by atoms with E-state index in [0.717, 1.165) is 11.1 Å². The third kappa shape index (κ3) is 7.07. The van der Waals surface area contributed by atoms with Gasteiger partial charge in [0.1, 0.15) is 11.6 Å². The molecule has 0 saturated heterocycles. The SMILES string of the molecule is CC(=O)[C@@H](Cc1ccccc1)NC(=O)COC(=O)/C(C#N)=C/c1ccc(C)cc1. The summed E-state index contributed by atoms with van der Waals surface area (Å²) in [5.41, 5.74) is 2.41. The van der Waals surface area contributed by atoms with Gasteiger partial charge in [-0.2, -0.15) is 5.26 Å². The fourth-order valence-electron chi connectivity index (χ4n) is 2.56. The van der Waals surface area contributed by atoms with Crippen molar-refractivity contribution in [1.82, 2.24) is 5.32 Å². The van der Waals surface area contributed by atoms with E-state index in [9.17, 15) is 19.6 Å². The zero-order valence-electron chi connectivity index (χ0n) is 16.3. The normalized spacial score (nSPS) is 11.8. The van der Waals surface area contributed by atoms with Gasteiger partial charge in [-0.1, -0.05) is 60.2 Å². The maximum atomic E-state index is 12.1. The molecule has 29 heavy (non-hydrogen) atoms. The van der Waals surface area contributed by atoms with Gasteiger partial charge in [0, 0.05) is 0 Å². The Labute approximate surface area is 169 Å². The van der Waals surface area contributed by atoms with Gasteiger partial charge in [0.25, 0.3) is 5.91 Å². The molecule has 0 unspecified atom stereocenters. The van der Waals surface area contributed by atoms with E-state index >= 15 is 0 Å². The molecule has 0 fully saturated rings. The van der Waals surface area contributed by atoms with Crippen LogP contribution >= 0.6 is 0 Å². The van der Waals surface area contributed by atoms with E-state index < -0.39 is 24.5 Å². The van der Waals surface area contributed by atoms with Gasteiger partial charge in [0.2, 0.25) is 0 Å². The summed E-state index contributed by atoms with van der Waals surface area (Å²) in [7, 11) is 0. The number of nitrogens with zero attached hydrogens (tertiary/aromatic N) is 1. The second-order valence-corrected chi connectivity index (χ2v) is 6.58. The number of ketones is 1. The van der Waals surface area contributed by atoms with E-state index in [4.69, 9.17) is 4.74 Å². The summed E-state index contributed by atoms with van der Waals surface area (Å²) in [6.07, 6.45) is 1.74. The highest BCUT2D eigenvalue weighted by Crippen LogP contribution is 2.10. The number of nitrogens with one attached hydrogen (secondary N) is 1. The second kappa shape index (κ2) is 10.6. The molecular weight excluding hydrogens is 368 g/mol. The number of ether oxygens (including phenoxy) is 1. The maximum Gasteiger partial charge on any atom is 0.349 e. The first-order valence-electron chi connectivity index (χ1n) is 9.08. The predicted octanol–water partition coefficient (Wildman–Crippen LogP) is 2.76. The van der Waals surface area contributed by atoms with E-state index in [2.05, 4.69) is 5.32 Å². The Balaban J connectivity index is 1.93. The number of hydrogen-bond acceptors (Lipinski definition) is 5. The second-order valence-electron chi connectivity index (χ2n) is 6.58. The summed E-state index contributed by atoms with van der Waals surface area (Å²) >= 11 is 0. The van der Waals surface area contributed by atoms with Crippen LogP contribution in [0.25, 0.3) is 6.08 Å². The van der Waals surface area contributed by atoms with Crippen LogP contribution in [0.3, 0.4) is 0 Å². The number of esters is 1. The molecule has 0 aromatic heterocycles. The van der Waals surface area contributed by atoms with Gasteiger partial charge in [-0.3, -0.25) is 9.59 Å². The zero-order chi connectivity index (χ0) is 21.2. The lowest BCUT2D eigenvalue weighted by Crippen LogP contribution is -2.43.